The van der Waals surface area contributed by atoms with Gasteiger partial charge in [0.1, 0.15) is 5.54 Å². The van der Waals surface area contributed by atoms with E-state index >= 15 is 0 Å². The molecule has 1 aliphatic carbocycles. The van der Waals surface area contributed by atoms with Crippen LogP contribution in [-0.2, 0) is 22.5 Å². The Morgan fingerprint density at radius 3 is 2.61 bits per heavy atom. The number of hydrogen-bond acceptors (Lipinski definition) is 4. The lowest BCUT2D eigenvalue weighted by molar-refractivity contribution is -0.170. The largest absolute Gasteiger partial charge is 0.378 e. The van der Waals surface area contributed by atoms with Crippen molar-refractivity contribution in [1.29, 1.82) is 0 Å². The maximum Gasteiger partial charge on any atom is 0.240 e. The zero-order valence-electron chi connectivity index (χ0n) is 17.2. The minimum atomic E-state index is -0.823. The molecule has 0 aromatic heterocycles. The van der Waals surface area contributed by atoms with Gasteiger partial charge in [0.15, 0.2) is 0 Å². The zero-order chi connectivity index (χ0) is 18.8. The van der Waals surface area contributed by atoms with E-state index < -0.39 is 5.54 Å². The molecule has 1 aliphatic heterocycles. The number of ether oxygens (including phenoxy) is 1. The number of carbonyl (C=O) groups is 1. The number of halogens is 2. The van der Waals surface area contributed by atoms with Crippen LogP contribution >= 0.6 is 24.8 Å². The molecular formula is C21H35Cl2N3O2. The molecule has 1 saturated carbocycles. The smallest absolute Gasteiger partial charge is 0.240 e. The van der Waals surface area contributed by atoms with Crippen LogP contribution in [0.25, 0.3) is 0 Å². The molecule has 28 heavy (non-hydrogen) atoms. The van der Waals surface area contributed by atoms with Gasteiger partial charge in [-0.25, -0.2) is 0 Å². The molecule has 5 nitrogen and oxygen atoms in total. The number of nitrogens with zero attached hydrogens (tertiary/aromatic N) is 1. The normalized spacial score (nSPS) is 25.5. The summed E-state index contributed by atoms with van der Waals surface area (Å²) in [7, 11) is 0. The van der Waals surface area contributed by atoms with Crippen LogP contribution in [0.2, 0.25) is 0 Å². The Balaban J connectivity index is 0.00000196. The minimum Gasteiger partial charge on any atom is -0.378 e. The van der Waals surface area contributed by atoms with Gasteiger partial charge in [0.25, 0.3) is 0 Å². The van der Waals surface area contributed by atoms with Gasteiger partial charge in [-0.1, -0.05) is 38.1 Å². The lowest BCUT2D eigenvalue weighted by Gasteiger charge is -2.57. The molecule has 0 spiro atoms. The van der Waals surface area contributed by atoms with E-state index in [9.17, 15) is 4.79 Å². The second-order valence-electron chi connectivity index (χ2n) is 8.25. The summed E-state index contributed by atoms with van der Waals surface area (Å²) in [6.45, 7) is 10.5. The van der Waals surface area contributed by atoms with Gasteiger partial charge >= 0.3 is 0 Å². The Morgan fingerprint density at radius 2 is 1.96 bits per heavy atom. The number of carbonyl (C=O) groups excluding carboxylic acids is 1. The summed E-state index contributed by atoms with van der Waals surface area (Å²) in [5, 5.41) is 3.06. The van der Waals surface area contributed by atoms with Gasteiger partial charge in [-0.05, 0) is 30.9 Å². The molecule has 2 atom stereocenters. The topological polar surface area (TPSA) is 67.6 Å². The van der Waals surface area contributed by atoms with Gasteiger partial charge in [0.05, 0.1) is 6.10 Å². The fourth-order valence-electron chi connectivity index (χ4n) is 4.23. The fraction of sp³-hybridized carbons (Fsp3) is 0.667. The van der Waals surface area contributed by atoms with Crippen molar-refractivity contribution in [3.05, 3.63) is 35.4 Å². The third-order valence-electron chi connectivity index (χ3n) is 6.38. The average Bonchev–Trinajstić information content (AvgIpc) is 2.64. The van der Waals surface area contributed by atoms with Gasteiger partial charge in [-0.3, -0.25) is 9.69 Å². The van der Waals surface area contributed by atoms with Crippen LogP contribution < -0.4 is 11.1 Å². The first-order chi connectivity index (χ1) is 12.4. The van der Waals surface area contributed by atoms with Gasteiger partial charge in [0, 0.05) is 44.6 Å². The first kappa shape index (κ1) is 25.2. The minimum absolute atomic E-state index is 0. The van der Waals surface area contributed by atoms with Gasteiger partial charge in [0.2, 0.25) is 5.91 Å². The van der Waals surface area contributed by atoms with Crippen molar-refractivity contribution in [2.45, 2.75) is 58.2 Å². The van der Waals surface area contributed by atoms with E-state index in [1.54, 1.807) is 0 Å². The van der Waals surface area contributed by atoms with Gasteiger partial charge in [-0.15, -0.1) is 24.8 Å². The summed E-state index contributed by atoms with van der Waals surface area (Å²) in [4.78, 5) is 15.1. The molecule has 1 heterocycles. The Hall–Kier alpha value is -0.850. The number of amides is 1. The zero-order valence-corrected chi connectivity index (χ0v) is 18.8. The van der Waals surface area contributed by atoms with Crippen LogP contribution in [-0.4, -0.2) is 48.7 Å². The maximum absolute atomic E-state index is 12.6. The van der Waals surface area contributed by atoms with E-state index in [0.717, 1.165) is 32.5 Å². The average molecular weight is 432 g/mol. The molecule has 0 saturated heterocycles. The number of benzene rings is 1. The molecule has 7 heteroatoms. The third-order valence-corrected chi connectivity index (χ3v) is 6.38. The van der Waals surface area contributed by atoms with E-state index in [1.165, 1.54) is 11.1 Å². The molecule has 1 aromatic rings. The summed E-state index contributed by atoms with van der Waals surface area (Å²) in [6.07, 6.45) is 2.72. The Labute approximate surface area is 181 Å². The number of rotatable bonds is 7. The molecule has 1 amide bonds. The van der Waals surface area contributed by atoms with Crippen molar-refractivity contribution in [3.63, 3.8) is 0 Å². The molecule has 1 aromatic carbocycles. The van der Waals surface area contributed by atoms with Gasteiger partial charge < -0.3 is 15.8 Å². The maximum atomic E-state index is 12.6. The number of fused-ring (bicyclic) bond motifs is 1. The molecule has 160 valence electrons. The van der Waals surface area contributed by atoms with Crippen molar-refractivity contribution in [2.24, 2.45) is 11.1 Å². The number of hydrogen-bond donors (Lipinski definition) is 2. The van der Waals surface area contributed by atoms with E-state index in [-0.39, 0.29) is 42.2 Å². The molecule has 2 aliphatic rings. The van der Waals surface area contributed by atoms with Crippen molar-refractivity contribution < 1.29 is 9.53 Å². The summed E-state index contributed by atoms with van der Waals surface area (Å²) < 4.78 is 5.71. The van der Waals surface area contributed by atoms with Crippen LogP contribution in [0.5, 0.6) is 0 Å². The summed E-state index contributed by atoms with van der Waals surface area (Å²) >= 11 is 0. The standard InChI is InChI=1S/C21H33N3O2.2ClH/c1-4-26-18-14-21(22,20(18,2)3)19(25)23-11-7-12-24-13-10-16-8-5-6-9-17(16)15-24;;/h5-6,8-9,18H,4,7,10-15,22H2,1-3H3,(H,23,25);2*1H. The Morgan fingerprint density at radius 1 is 1.29 bits per heavy atom. The highest BCUT2D eigenvalue weighted by atomic mass is 35.5. The third kappa shape index (κ3) is 4.82. The molecule has 3 rings (SSSR count). The molecule has 1 fully saturated rings. The predicted molar refractivity (Wildman–Crippen MR) is 118 cm³/mol. The first-order valence-electron chi connectivity index (χ1n) is 9.86. The number of nitrogens with one attached hydrogen (secondary N) is 1. The highest BCUT2D eigenvalue weighted by Crippen LogP contribution is 2.49. The van der Waals surface area contributed by atoms with Crippen LogP contribution in [0.4, 0.5) is 0 Å². The highest BCUT2D eigenvalue weighted by Gasteiger charge is 2.62. The quantitative estimate of drug-likeness (QED) is 0.651. The molecule has 3 N–H and O–H groups in total. The second kappa shape index (κ2) is 10.3. The van der Waals surface area contributed by atoms with Crippen LogP contribution in [0, 0.1) is 5.41 Å². The molecule has 0 radical (unpaired) electrons. The predicted octanol–water partition coefficient (Wildman–Crippen LogP) is 2.93. The lowest BCUT2D eigenvalue weighted by atomic mass is 9.54. The highest BCUT2D eigenvalue weighted by molar-refractivity contribution is 5.88. The van der Waals surface area contributed by atoms with Crippen LogP contribution in [0.3, 0.4) is 0 Å². The van der Waals surface area contributed by atoms with Crippen molar-refractivity contribution >= 4 is 30.7 Å². The van der Waals surface area contributed by atoms with E-state index in [2.05, 4.69) is 34.5 Å². The SMILES string of the molecule is CCOC1CC(N)(C(=O)NCCCN2CCc3ccccc3C2)C1(C)C.Cl.Cl. The molecule has 2 unspecified atom stereocenters. The first-order valence-corrected chi connectivity index (χ1v) is 9.86. The van der Waals surface area contributed by atoms with Crippen LogP contribution in [0.15, 0.2) is 24.3 Å². The van der Waals surface area contributed by atoms with Crippen LogP contribution in [0.1, 0.15) is 44.7 Å². The fourth-order valence-corrected chi connectivity index (χ4v) is 4.23. The van der Waals surface area contributed by atoms with Crippen molar-refractivity contribution in [2.75, 3.05) is 26.2 Å². The van der Waals surface area contributed by atoms with Crippen molar-refractivity contribution in [1.82, 2.24) is 10.2 Å². The lowest BCUT2D eigenvalue weighted by Crippen LogP contribution is -2.75. The van der Waals surface area contributed by atoms with Gasteiger partial charge in [-0.2, -0.15) is 0 Å². The molecule has 0 bridgehead atoms. The molecular weight excluding hydrogens is 397 g/mol. The Kier molecular flexibility index (Phi) is 9.23. The Bertz CT molecular complexity index is 656. The summed E-state index contributed by atoms with van der Waals surface area (Å²) in [5.41, 5.74) is 8.17. The van der Waals surface area contributed by atoms with E-state index in [0.29, 0.717) is 19.6 Å². The second-order valence-corrected chi connectivity index (χ2v) is 8.25. The number of nitrogens with two attached hydrogens (primary N) is 1. The van der Waals surface area contributed by atoms with E-state index in [1.807, 2.05) is 20.8 Å². The van der Waals surface area contributed by atoms with Crippen molar-refractivity contribution in [3.8, 4) is 0 Å². The van der Waals surface area contributed by atoms with E-state index in [4.69, 9.17) is 10.5 Å². The summed E-state index contributed by atoms with van der Waals surface area (Å²) in [6, 6.07) is 8.67. The monoisotopic (exact) mass is 431 g/mol. The summed E-state index contributed by atoms with van der Waals surface area (Å²) in [5.74, 6) is -0.0394.